The van der Waals surface area contributed by atoms with Crippen LogP contribution in [0.1, 0.15) is 32.0 Å². The number of nitrogens with one attached hydrogen (secondary N) is 1. The monoisotopic (exact) mass is 254 g/mol. The Morgan fingerprint density at radius 3 is 3.06 bits per heavy atom. The van der Waals surface area contributed by atoms with E-state index in [0.717, 1.165) is 10.9 Å². The van der Waals surface area contributed by atoms with E-state index < -0.39 is 0 Å². The fraction of sp³-hybridized carbons (Fsp3) is 0.727. The Kier molecular flexibility index (Phi) is 4.04. The van der Waals surface area contributed by atoms with Crippen molar-refractivity contribution in [1.82, 2.24) is 15.5 Å². The molecular weight excluding hydrogens is 236 g/mol. The zero-order valence-corrected chi connectivity index (χ0v) is 11.3. The van der Waals surface area contributed by atoms with Gasteiger partial charge in [0.2, 0.25) is 5.89 Å². The molecular formula is C11H18N4OS. The molecule has 0 amide bonds. The van der Waals surface area contributed by atoms with E-state index in [4.69, 9.17) is 4.52 Å². The fourth-order valence-electron chi connectivity index (χ4n) is 1.77. The maximum absolute atomic E-state index is 4.90. The van der Waals surface area contributed by atoms with Gasteiger partial charge in [0.05, 0.1) is 0 Å². The van der Waals surface area contributed by atoms with Gasteiger partial charge in [0.25, 0.3) is 0 Å². The predicted octanol–water partition coefficient (Wildman–Crippen LogP) is 1.99. The number of aromatic nitrogens is 2. The minimum absolute atomic E-state index is 0.487. The summed E-state index contributed by atoms with van der Waals surface area (Å²) < 4.78 is 4.90. The van der Waals surface area contributed by atoms with Gasteiger partial charge in [-0.25, -0.2) is 0 Å². The second kappa shape index (κ2) is 5.53. The Hall–Kier alpha value is -1.04. The summed E-state index contributed by atoms with van der Waals surface area (Å²) in [6.45, 7) is 6.75. The van der Waals surface area contributed by atoms with Crippen LogP contribution in [0.4, 0.5) is 0 Å². The maximum Gasteiger partial charge on any atom is 0.223 e. The third-order valence-corrected chi connectivity index (χ3v) is 3.53. The molecule has 0 aliphatic carbocycles. The lowest BCUT2D eigenvalue weighted by Crippen LogP contribution is -2.28. The smallest absolute Gasteiger partial charge is 0.223 e. The summed E-state index contributed by atoms with van der Waals surface area (Å²) in [5, 5.41) is 8.24. The van der Waals surface area contributed by atoms with Crippen molar-refractivity contribution in [3.8, 4) is 0 Å². The topological polar surface area (TPSA) is 63.3 Å². The molecule has 0 saturated carbocycles. The average molecular weight is 254 g/mol. The quantitative estimate of drug-likeness (QED) is 0.890. The van der Waals surface area contributed by atoms with Gasteiger partial charge >= 0.3 is 0 Å². The second-order valence-corrected chi connectivity index (χ2v) is 5.64. The molecule has 1 aromatic heterocycles. The van der Waals surface area contributed by atoms with E-state index in [0.29, 0.717) is 30.2 Å². The summed E-state index contributed by atoms with van der Waals surface area (Å²) >= 11 is 1.77. The first-order valence-corrected chi connectivity index (χ1v) is 6.85. The van der Waals surface area contributed by atoms with E-state index in [9.17, 15) is 0 Å². The van der Waals surface area contributed by atoms with Crippen LogP contribution in [0.2, 0.25) is 0 Å². The number of aliphatic imine (C=N–C) groups is 1. The number of thioether (sulfide) groups is 1. The van der Waals surface area contributed by atoms with Crippen LogP contribution >= 0.6 is 11.8 Å². The highest BCUT2D eigenvalue weighted by Gasteiger charge is 2.20. The molecule has 1 unspecified atom stereocenters. The summed E-state index contributed by atoms with van der Waals surface area (Å²) in [5.74, 6) is 3.05. The standard InChI is InChI=1S/C11H18N4OS/c1-7(2)4-9-6-17-11(14-9)12-5-10-13-8(3)16-15-10/h7,9H,4-6H2,1-3H3,(H,12,14). The zero-order valence-electron chi connectivity index (χ0n) is 10.4. The molecule has 17 heavy (non-hydrogen) atoms. The van der Waals surface area contributed by atoms with E-state index in [1.165, 1.54) is 6.42 Å². The van der Waals surface area contributed by atoms with Gasteiger partial charge in [-0.15, -0.1) is 0 Å². The third kappa shape index (κ3) is 3.73. The van der Waals surface area contributed by atoms with Gasteiger partial charge in [-0.2, -0.15) is 4.98 Å². The highest BCUT2D eigenvalue weighted by Crippen LogP contribution is 2.19. The van der Waals surface area contributed by atoms with Crippen molar-refractivity contribution >= 4 is 16.9 Å². The van der Waals surface area contributed by atoms with Crippen molar-refractivity contribution in [1.29, 1.82) is 0 Å². The molecule has 0 bridgehead atoms. The van der Waals surface area contributed by atoms with Crippen molar-refractivity contribution in [2.45, 2.75) is 39.8 Å². The molecule has 1 N–H and O–H groups in total. The summed E-state index contributed by atoms with van der Waals surface area (Å²) in [6.07, 6.45) is 1.19. The highest BCUT2D eigenvalue weighted by molar-refractivity contribution is 8.14. The van der Waals surface area contributed by atoms with E-state index in [1.54, 1.807) is 18.7 Å². The number of hydrogen-bond donors (Lipinski definition) is 1. The van der Waals surface area contributed by atoms with Crippen molar-refractivity contribution < 1.29 is 4.52 Å². The summed E-state index contributed by atoms with van der Waals surface area (Å²) in [6, 6.07) is 0.547. The van der Waals surface area contributed by atoms with E-state index in [2.05, 4.69) is 34.3 Å². The molecule has 1 fully saturated rings. The van der Waals surface area contributed by atoms with Crippen molar-refractivity contribution in [3.05, 3.63) is 11.7 Å². The molecule has 0 spiro atoms. The molecule has 2 rings (SSSR count). The maximum atomic E-state index is 4.90. The van der Waals surface area contributed by atoms with Crippen molar-refractivity contribution in [3.63, 3.8) is 0 Å². The molecule has 1 aromatic rings. The highest BCUT2D eigenvalue weighted by atomic mass is 32.2. The molecule has 0 radical (unpaired) electrons. The molecule has 1 aliphatic rings. The first kappa shape index (κ1) is 12.4. The van der Waals surface area contributed by atoms with E-state index >= 15 is 0 Å². The van der Waals surface area contributed by atoms with E-state index in [1.807, 2.05) is 0 Å². The minimum atomic E-state index is 0.487. The van der Waals surface area contributed by atoms with Crippen LogP contribution in [0.25, 0.3) is 0 Å². The van der Waals surface area contributed by atoms with Gasteiger partial charge in [0.1, 0.15) is 6.54 Å². The largest absolute Gasteiger partial charge is 0.361 e. The molecule has 1 aliphatic heterocycles. The lowest BCUT2D eigenvalue weighted by molar-refractivity contribution is 0.387. The van der Waals surface area contributed by atoms with Gasteiger partial charge in [0, 0.05) is 18.7 Å². The Morgan fingerprint density at radius 2 is 2.41 bits per heavy atom. The van der Waals surface area contributed by atoms with Gasteiger partial charge in [-0.3, -0.25) is 4.99 Å². The van der Waals surface area contributed by atoms with Crippen LogP contribution < -0.4 is 5.32 Å². The normalized spacial score (nSPS) is 22.4. The molecule has 1 atom stereocenters. The first-order valence-electron chi connectivity index (χ1n) is 5.86. The van der Waals surface area contributed by atoms with Crippen LogP contribution in [0, 0.1) is 12.8 Å². The lowest BCUT2D eigenvalue weighted by Gasteiger charge is -2.11. The molecule has 94 valence electrons. The predicted molar refractivity (Wildman–Crippen MR) is 69.0 cm³/mol. The Bertz CT molecular complexity index is 402. The number of nitrogens with zero attached hydrogens (tertiary/aromatic N) is 3. The Labute approximate surface area is 105 Å². The van der Waals surface area contributed by atoms with Crippen LogP contribution in [0.3, 0.4) is 0 Å². The van der Waals surface area contributed by atoms with Crippen LogP contribution in [-0.4, -0.2) is 27.1 Å². The fourth-order valence-corrected chi connectivity index (χ4v) is 2.76. The van der Waals surface area contributed by atoms with Gasteiger partial charge in [-0.05, 0) is 12.3 Å². The SMILES string of the molecule is Cc1nc(CN=C2NC(CC(C)C)CS2)no1. The minimum Gasteiger partial charge on any atom is -0.361 e. The second-order valence-electron chi connectivity index (χ2n) is 4.63. The van der Waals surface area contributed by atoms with E-state index in [-0.39, 0.29) is 0 Å². The van der Waals surface area contributed by atoms with Crippen LogP contribution in [0.15, 0.2) is 9.52 Å². The van der Waals surface area contributed by atoms with Gasteiger partial charge < -0.3 is 9.84 Å². The number of aryl methyl sites for hydroxylation is 1. The molecule has 6 heteroatoms. The zero-order chi connectivity index (χ0) is 12.3. The number of hydrogen-bond acceptors (Lipinski definition) is 5. The Balaban J connectivity index is 1.83. The number of amidine groups is 1. The van der Waals surface area contributed by atoms with Crippen LogP contribution in [-0.2, 0) is 6.54 Å². The molecule has 5 nitrogen and oxygen atoms in total. The molecule has 1 saturated heterocycles. The Morgan fingerprint density at radius 1 is 1.59 bits per heavy atom. The average Bonchev–Trinajstić information content (AvgIpc) is 2.84. The van der Waals surface area contributed by atoms with Gasteiger partial charge in [0.15, 0.2) is 11.0 Å². The molecule has 2 heterocycles. The van der Waals surface area contributed by atoms with Gasteiger partial charge in [-0.1, -0.05) is 30.8 Å². The lowest BCUT2D eigenvalue weighted by atomic mass is 10.1. The van der Waals surface area contributed by atoms with Crippen molar-refractivity contribution in [2.75, 3.05) is 5.75 Å². The summed E-state index contributed by atoms with van der Waals surface area (Å²) in [4.78, 5) is 8.56. The van der Waals surface area contributed by atoms with Crippen LogP contribution in [0.5, 0.6) is 0 Å². The summed E-state index contributed by atoms with van der Waals surface area (Å²) in [7, 11) is 0. The third-order valence-electron chi connectivity index (χ3n) is 2.44. The molecule has 0 aromatic carbocycles. The summed E-state index contributed by atoms with van der Waals surface area (Å²) in [5.41, 5.74) is 0. The first-order chi connectivity index (χ1) is 8.13. The number of rotatable bonds is 4. The van der Waals surface area contributed by atoms with Crippen molar-refractivity contribution in [2.24, 2.45) is 10.9 Å².